The summed E-state index contributed by atoms with van der Waals surface area (Å²) in [5.74, 6) is 0.507. The predicted molar refractivity (Wildman–Crippen MR) is 104 cm³/mol. The monoisotopic (exact) mass is 391 g/mol. The number of thiazole rings is 1. The molecule has 0 fully saturated rings. The van der Waals surface area contributed by atoms with Crippen molar-refractivity contribution in [2.45, 2.75) is 0 Å². The van der Waals surface area contributed by atoms with Crippen LogP contribution in [0.5, 0.6) is 5.75 Å². The molecule has 8 nitrogen and oxygen atoms in total. The fraction of sp³-hybridized carbons (Fsp3) is 0.125. The van der Waals surface area contributed by atoms with Gasteiger partial charge in [0.05, 0.1) is 34.3 Å². The Kier molecular flexibility index (Phi) is 4.66. The molecule has 2 aromatic carbocycles. The van der Waals surface area contributed by atoms with Gasteiger partial charge in [-0.2, -0.15) is 0 Å². The number of aromatic nitrogens is 3. The normalized spacial score (nSPS) is 10.7. The molecule has 26 heavy (non-hydrogen) atoms. The zero-order chi connectivity index (χ0) is 17.6. The molecule has 0 bridgehead atoms. The number of nitro groups is 1. The molecule has 0 aliphatic carbocycles. The van der Waals surface area contributed by atoms with Crippen LogP contribution in [0.3, 0.4) is 0 Å². The lowest BCUT2D eigenvalue weighted by molar-refractivity contribution is -0.384. The second-order valence-corrected chi connectivity index (χ2v) is 6.45. The van der Waals surface area contributed by atoms with Crippen molar-refractivity contribution >= 4 is 61.5 Å². The van der Waals surface area contributed by atoms with Gasteiger partial charge in [-0.25, -0.2) is 9.97 Å². The van der Waals surface area contributed by atoms with Crippen molar-refractivity contribution in [3.05, 3.63) is 46.8 Å². The van der Waals surface area contributed by atoms with Gasteiger partial charge in [0, 0.05) is 19.2 Å². The maximum Gasteiger partial charge on any atom is 0.271 e. The third-order valence-electron chi connectivity index (χ3n) is 3.89. The summed E-state index contributed by atoms with van der Waals surface area (Å²) in [4.78, 5) is 19.6. The first kappa shape index (κ1) is 17.9. The van der Waals surface area contributed by atoms with Crippen LogP contribution in [0, 0.1) is 10.1 Å². The van der Waals surface area contributed by atoms with E-state index in [2.05, 4.69) is 15.3 Å². The van der Waals surface area contributed by atoms with E-state index in [4.69, 9.17) is 4.74 Å². The summed E-state index contributed by atoms with van der Waals surface area (Å²) in [5, 5.41) is 14.7. The third-order valence-corrected chi connectivity index (χ3v) is 4.82. The SMILES string of the molecule is COc1ccc([N+](=O)[O-])cc1Nc1nc2c(ccc3c2ncn3C)s1.Cl. The van der Waals surface area contributed by atoms with Gasteiger partial charge in [-0.3, -0.25) is 10.1 Å². The molecule has 0 amide bonds. The fourth-order valence-corrected chi connectivity index (χ4v) is 3.55. The van der Waals surface area contributed by atoms with Gasteiger partial charge in [0.25, 0.3) is 5.69 Å². The van der Waals surface area contributed by atoms with E-state index in [9.17, 15) is 10.1 Å². The number of nitro benzene ring substituents is 1. The van der Waals surface area contributed by atoms with E-state index in [1.807, 2.05) is 23.7 Å². The van der Waals surface area contributed by atoms with Crippen molar-refractivity contribution in [1.29, 1.82) is 0 Å². The predicted octanol–water partition coefficient (Wildman–Crippen LogP) is 4.27. The quantitative estimate of drug-likeness (QED) is 0.412. The van der Waals surface area contributed by atoms with Crippen molar-refractivity contribution in [3.63, 3.8) is 0 Å². The molecule has 0 saturated carbocycles. The largest absolute Gasteiger partial charge is 0.495 e. The molecule has 0 aliphatic rings. The molecule has 0 saturated heterocycles. The lowest BCUT2D eigenvalue weighted by Gasteiger charge is -2.08. The zero-order valence-corrected chi connectivity index (χ0v) is 15.4. The molecule has 0 aliphatic heterocycles. The molecule has 134 valence electrons. The van der Waals surface area contributed by atoms with Crippen molar-refractivity contribution < 1.29 is 9.66 Å². The smallest absolute Gasteiger partial charge is 0.271 e. The average molecular weight is 392 g/mol. The van der Waals surface area contributed by atoms with E-state index in [0.717, 1.165) is 21.3 Å². The van der Waals surface area contributed by atoms with Gasteiger partial charge < -0.3 is 14.6 Å². The molecule has 1 N–H and O–H groups in total. The van der Waals surface area contributed by atoms with E-state index in [-0.39, 0.29) is 18.1 Å². The highest BCUT2D eigenvalue weighted by molar-refractivity contribution is 7.22. The molecule has 2 heterocycles. The van der Waals surface area contributed by atoms with E-state index < -0.39 is 4.92 Å². The number of aryl methyl sites for hydroxylation is 1. The first-order valence-corrected chi connectivity index (χ1v) is 8.18. The molecule has 0 radical (unpaired) electrons. The Morgan fingerprint density at radius 1 is 1.27 bits per heavy atom. The van der Waals surface area contributed by atoms with Crippen LogP contribution in [-0.2, 0) is 7.05 Å². The van der Waals surface area contributed by atoms with Crippen LogP contribution in [0.15, 0.2) is 36.7 Å². The Balaban J connectivity index is 0.00000196. The molecule has 0 unspecified atom stereocenters. The number of nitrogens with zero attached hydrogens (tertiary/aromatic N) is 4. The number of ether oxygens (including phenoxy) is 1. The van der Waals surface area contributed by atoms with Gasteiger partial charge in [0.15, 0.2) is 5.13 Å². The van der Waals surface area contributed by atoms with Crippen LogP contribution in [0.1, 0.15) is 0 Å². The Morgan fingerprint density at radius 3 is 2.81 bits per heavy atom. The number of anilines is 2. The fourth-order valence-electron chi connectivity index (χ4n) is 2.66. The molecule has 0 atom stereocenters. The minimum Gasteiger partial charge on any atom is -0.495 e. The van der Waals surface area contributed by atoms with Crippen LogP contribution in [0.25, 0.3) is 21.3 Å². The molecular formula is C16H14ClN5O3S. The number of nitrogens with one attached hydrogen (secondary N) is 1. The minimum atomic E-state index is -0.444. The second kappa shape index (κ2) is 6.77. The Labute approximate surface area is 158 Å². The van der Waals surface area contributed by atoms with Crippen molar-refractivity contribution in [1.82, 2.24) is 14.5 Å². The summed E-state index contributed by atoms with van der Waals surface area (Å²) in [6.45, 7) is 0. The van der Waals surface area contributed by atoms with Crippen LogP contribution in [-0.4, -0.2) is 26.6 Å². The Morgan fingerprint density at radius 2 is 2.08 bits per heavy atom. The van der Waals surface area contributed by atoms with Crippen LogP contribution in [0.2, 0.25) is 0 Å². The van der Waals surface area contributed by atoms with Crippen molar-refractivity contribution in [2.75, 3.05) is 12.4 Å². The lowest BCUT2D eigenvalue weighted by atomic mass is 10.2. The summed E-state index contributed by atoms with van der Waals surface area (Å²) in [6, 6.07) is 8.39. The molecule has 10 heteroatoms. The highest BCUT2D eigenvalue weighted by atomic mass is 35.5. The minimum absolute atomic E-state index is 0. The maximum absolute atomic E-state index is 11.0. The second-order valence-electron chi connectivity index (χ2n) is 5.42. The first-order valence-electron chi connectivity index (χ1n) is 7.37. The van der Waals surface area contributed by atoms with Gasteiger partial charge in [-0.05, 0) is 18.2 Å². The molecule has 4 aromatic rings. The first-order chi connectivity index (χ1) is 12.1. The van der Waals surface area contributed by atoms with Gasteiger partial charge >= 0.3 is 0 Å². The standard InChI is InChI=1S/C16H13N5O3S.ClH/c1-20-8-17-14-11(20)4-6-13-15(14)19-16(25-13)18-10-7-9(21(22)23)3-5-12(10)24-2;/h3-8H,1-2H3,(H,18,19);1H. The molecular weight excluding hydrogens is 378 g/mol. The van der Waals surface area contributed by atoms with Gasteiger partial charge in [0.1, 0.15) is 16.8 Å². The van der Waals surface area contributed by atoms with E-state index in [0.29, 0.717) is 16.6 Å². The summed E-state index contributed by atoms with van der Waals surface area (Å²) in [6.07, 6.45) is 1.75. The number of halogens is 1. The van der Waals surface area contributed by atoms with Crippen LogP contribution < -0.4 is 10.1 Å². The summed E-state index contributed by atoms with van der Waals surface area (Å²) in [5.41, 5.74) is 3.10. The number of hydrogen-bond donors (Lipinski definition) is 1. The van der Waals surface area contributed by atoms with Gasteiger partial charge in [0.2, 0.25) is 0 Å². The summed E-state index contributed by atoms with van der Waals surface area (Å²) < 4.78 is 8.20. The number of benzene rings is 2. The van der Waals surface area contributed by atoms with Crippen molar-refractivity contribution in [2.24, 2.45) is 7.05 Å². The highest BCUT2D eigenvalue weighted by Crippen LogP contribution is 2.36. The summed E-state index contributed by atoms with van der Waals surface area (Å²) >= 11 is 1.45. The van der Waals surface area contributed by atoms with Crippen molar-refractivity contribution in [3.8, 4) is 5.75 Å². The Hall–Kier alpha value is -2.91. The molecule has 2 aromatic heterocycles. The third kappa shape index (κ3) is 2.91. The number of imidazole rings is 1. The molecule has 4 rings (SSSR count). The van der Waals surface area contributed by atoms with Crippen LogP contribution in [0.4, 0.5) is 16.5 Å². The molecule has 0 spiro atoms. The number of methoxy groups -OCH3 is 1. The maximum atomic E-state index is 11.0. The summed E-state index contributed by atoms with van der Waals surface area (Å²) in [7, 11) is 3.45. The Bertz CT molecular complexity index is 1120. The van der Waals surface area contributed by atoms with E-state index in [1.165, 1.54) is 30.6 Å². The highest BCUT2D eigenvalue weighted by Gasteiger charge is 2.15. The number of hydrogen-bond acceptors (Lipinski definition) is 7. The van der Waals surface area contributed by atoms with Gasteiger partial charge in [-0.15, -0.1) is 12.4 Å². The van der Waals surface area contributed by atoms with E-state index >= 15 is 0 Å². The average Bonchev–Trinajstić information content (AvgIpc) is 3.17. The van der Waals surface area contributed by atoms with Gasteiger partial charge in [-0.1, -0.05) is 11.3 Å². The topological polar surface area (TPSA) is 95.1 Å². The number of fused-ring (bicyclic) bond motifs is 3. The number of rotatable bonds is 4. The van der Waals surface area contributed by atoms with E-state index in [1.54, 1.807) is 12.4 Å². The number of non-ortho nitro benzene ring substituents is 1. The zero-order valence-electron chi connectivity index (χ0n) is 13.8. The lowest BCUT2D eigenvalue weighted by Crippen LogP contribution is -1.96. The van der Waals surface area contributed by atoms with Crippen LogP contribution >= 0.6 is 23.7 Å².